The fourth-order valence-corrected chi connectivity index (χ4v) is 3.96. The Balaban J connectivity index is 1.70. The van der Waals surface area contributed by atoms with Gasteiger partial charge in [0.05, 0.1) is 11.3 Å². The summed E-state index contributed by atoms with van der Waals surface area (Å²) in [4.78, 5) is 31.2. The third kappa shape index (κ3) is 4.95. The topological polar surface area (TPSA) is 69.9 Å². The third-order valence-electron chi connectivity index (χ3n) is 5.46. The summed E-state index contributed by atoms with van der Waals surface area (Å²) in [6.07, 6.45) is 0.374. The van der Waals surface area contributed by atoms with E-state index in [0.717, 1.165) is 32.7 Å². The summed E-state index contributed by atoms with van der Waals surface area (Å²) in [5, 5.41) is 0. The second-order valence-corrected chi connectivity index (χ2v) is 7.47. The molecule has 1 saturated heterocycles. The maximum atomic E-state index is 12.8. The predicted molar refractivity (Wildman–Crippen MR) is 117 cm³/mol. The lowest BCUT2D eigenvalue weighted by Gasteiger charge is -2.39. The molecule has 1 aliphatic rings. The SMILES string of the molecule is CCC(=O)N(c1ccccc1C(N)=O)C(C)CN1CCN(c2ccccc2)CC1. The zero-order valence-electron chi connectivity index (χ0n) is 17.3. The maximum Gasteiger partial charge on any atom is 0.250 e. The number of hydrogen-bond acceptors (Lipinski definition) is 4. The van der Waals surface area contributed by atoms with Crippen molar-refractivity contribution in [1.29, 1.82) is 0 Å². The van der Waals surface area contributed by atoms with Crippen molar-refractivity contribution in [3.63, 3.8) is 0 Å². The molecule has 3 rings (SSSR count). The van der Waals surface area contributed by atoms with Gasteiger partial charge < -0.3 is 15.5 Å². The summed E-state index contributed by atoms with van der Waals surface area (Å²) >= 11 is 0. The van der Waals surface area contributed by atoms with Crippen molar-refractivity contribution in [3.05, 3.63) is 60.2 Å². The van der Waals surface area contributed by atoms with Gasteiger partial charge in [0, 0.05) is 50.9 Å². The van der Waals surface area contributed by atoms with Crippen LogP contribution >= 0.6 is 0 Å². The Morgan fingerprint density at radius 2 is 1.62 bits per heavy atom. The van der Waals surface area contributed by atoms with Crippen molar-refractivity contribution in [1.82, 2.24) is 4.90 Å². The summed E-state index contributed by atoms with van der Waals surface area (Å²) < 4.78 is 0. The molecule has 1 fully saturated rings. The molecule has 0 aliphatic carbocycles. The van der Waals surface area contributed by atoms with Crippen molar-refractivity contribution in [3.8, 4) is 0 Å². The van der Waals surface area contributed by atoms with Crippen LogP contribution in [0, 0.1) is 0 Å². The number of rotatable bonds is 7. The molecule has 2 aromatic rings. The minimum absolute atomic E-state index is 0.00544. The zero-order chi connectivity index (χ0) is 20.8. The molecule has 0 aromatic heterocycles. The number of primary amides is 1. The summed E-state index contributed by atoms with van der Waals surface area (Å²) in [6.45, 7) is 8.41. The largest absolute Gasteiger partial charge is 0.369 e. The summed E-state index contributed by atoms with van der Waals surface area (Å²) in [5.41, 5.74) is 7.79. The number of nitrogens with zero attached hydrogens (tertiary/aromatic N) is 3. The first-order valence-corrected chi connectivity index (χ1v) is 10.2. The molecule has 1 unspecified atom stereocenters. The second-order valence-electron chi connectivity index (χ2n) is 7.47. The highest BCUT2D eigenvalue weighted by Crippen LogP contribution is 2.24. The van der Waals surface area contributed by atoms with Gasteiger partial charge in [-0.05, 0) is 31.2 Å². The standard InChI is InChI=1S/C23H30N4O2/c1-3-22(28)27(21-12-8-7-11-20(21)23(24)29)18(2)17-25-13-15-26(16-14-25)19-9-5-4-6-10-19/h4-12,18H,3,13-17H2,1-2H3,(H2,24,29). The number of benzene rings is 2. The van der Waals surface area contributed by atoms with Crippen LogP contribution in [0.2, 0.25) is 0 Å². The van der Waals surface area contributed by atoms with Gasteiger partial charge in [-0.2, -0.15) is 0 Å². The number of nitrogens with two attached hydrogens (primary N) is 1. The summed E-state index contributed by atoms with van der Waals surface area (Å²) in [7, 11) is 0. The molecule has 1 aliphatic heterocycles. The van der Waals surface area contributed by atoms with Crippen LogP contribution in [0.25, 0.3) is 0 Å². The molecule has 0 spiro atoms. The molecule has 6 nitrogen and oxygen atoms in total. The quantitative estimate of drug-likeness (QED) is 0.784. The van der Waals surface area contributed by atoms with Gasteiger partial charge in [0.25, 0.3) is 5.91 Å². The maximum absolute atomic E-state index is 12.8. The Morgan fingerprint density at radius 1 is 1.00 bits per heavy atom. The third-order valence-corrected chi connectivity index (χ3v) is 5.46. The zero-order valence-corrected chi connectivity index (χ0v) is 17.3. The van der Waals surface area contributed by atoms with E-state index in [0.29, 0.717) is 17.7 Å². The molecule has 2 amide bonds. The lowest BCUT2D eigenvalue weighted by Crippen LogP contribution is -2.52. The van der Waals surface area contributed by atoms with E-state index < -0.39 is 5.91 Å². The average molecular weight is 395 g/mol. The van der Waals surface area contributed by atoms with E-state index in [1.54, 1.807) is 23.1 Å². The molecule has 6 heteroatoms. The monoisotopic (exact) mass is 394 g/mol. The van der Waals surface area contributed by atoms with Gasteiger partial charge >= 0.3 is 0 Å². The van der Waals surface area contributed by atoms with Crippen LogP contribution in [0.5, 0.6) is 0 Å². The second kappa shape index (κ2) is 9.56. The molecule has 154 valence electrons. The van der Waals surface area contributed by atoms with Crippen molar-refractivity contribution in [2.24, 2.45) is 5.73 Å². The first-order valence-electron chi connectivity index (χ1n) is 10.2. The van der Waals surface area contributed by atoms with Crippen molar-refractivity contribution in [2.45, 2.75) is 26.3 Å². The minimum Gasteiger partial charge on any atom is -0.369 e. The number of piperazine rings is 1. The van der Waals surface area contributed by atoms with Gasteiger partial charge in [0.1, 0.15) is 0 Å². The van der Waals surface area contributed by atoms with E-state index in [2.05, 4.69) is 34.1 Å². The number of hydrogen-bond donors (Lipinski definition) is 1. The number of para-hydroxylation sites is 2. The van der Waals surface area contributed by atoms with Gasteiger partial charge in [-0.15, -0.1) is 0 Å². The number of amides is 2. The Morgan fingerprint density at radius 3 is 2.24 bits per heavy atom. The van der Waals surface area contributed by atoms with E-state index in [1.807, 2.05) is 26.0 Å². The molecule has 0 radical (unpaired) electrons. The lowest BCUT2D eigenvalue weighted by molar-refractivity contribution is -0.118. The molecular weight excluding hydrogens is 364 g/mol. The van der Waals surface area contributed by atoms with Gasteiger partial charge in [0.2, 0.25) is 5.91 Å². The van der Waals surface area contributed by atoms with Crippen LogP contribution in [0.4, 0.5) is 11.4 Å². The predicted octanol–water partition coefficient (Wildman–Crippen LogP) is 2.74. The van der Waals surface area contributed by atoms with Gasteiger partial charge in [-0.25, -0.2) is 0 Å². The number of carbonyl (C=O) groups is 2. The summed E-state index contributed by atoms with van der Waals surface area (Å²) in [5.74, 6) is -0.521. The van der Waals surface area contributed by atoms with Gasteiger partial charge in [-0.1, -0.05) is 37.3 Å². The average Bonchev–Trinajstić information content (AvgIpc) is 2.75. The number of carbonyl (C=O) groups excluding carboxylic acids is 2. The number of anilines is 2. The van der Waals surface area contributed by atoms with Crippen LogP contribution in [-0.4, -0.2) is 55.5 Å². The van der Waals surface area contributed by atoms with Crippen LogP contribution < -0.4 is 15.5 Å². The van der Waals surface area contributed by atoms with E-state index in [1.165, 1.54) is 5.69 Å². The highest BCUT2D eigenvalue weighted by Gasteiger charge is 2.27. The van der Waals surface area contributed by atoms with E-state index in [9.17, 15) is 9.59 Å². The van der Waals surface area contributed by atoms with Gasteiger partial charge in [0.15, 0.2) is 0 Å². The Labute approximate surface area is 172 Å². The fourth-order valence-electron chi connectivity index (χ4n) is 3.96. The van der Waals surface area contributed by atoms with Crippen molar-refractivity contribution >= 4 is 23.2 Å². The van der Waals surface area contributed by atoms with E-state index >= 15 is 0 Å². The minimum atomic E-state index is -0.516. The van der Waals surface area contributed by atoms with E-state index in [-0.39, 0.29) is 11.9 Å². The van der Waals surface area contributed by atoms with Crippen molar-refractivity contribution < 1.29 is 9.59 Å². The molecular formula is C23H30N4O2. The molecule has 0 saturated carbocycles. The summed E-state index contributed by atoms with van der Waals surface area (Å²) in [6, 6.07) is 17.5. The first-order chi connectivity index (χ1) is 14.0. The highest BCUT2D eigenvalue weighted by atomic mass is 16.2. The van der Waals surface area contributed by atoms with Crippen LogP contribution in [0.3, 0.4) is 0 Å². The fraction of sp³-hybridized carbons (Fsp3) is 0.391. The lowest BCUT2D eigenvalue weighted by atomic mass is 10.1. The molecule has 29 heavy (non-hydrogen) atoms. The van der Waals surface area contributed by atoms with Crippen LogP contribution in [0.15, 0.2) is 54.6 Å². The Bertz CT molecular complexity index is 832. The van der Waals surface area contributed by atoms with Crippen LogP contribution in [-0.2, 0) is 4.79 Å². The Kier molecular flexibility index (Phi) is 6.88. The highest BCUT2D eigenvalue weighted by molar-refractivity contribution is 6.04. The first kappa shape index (κ1) is 20.9. The Hall–Kier alpha value is -2.86. The molecule has 2 N–H and O–H groups in total. The van der Waals surface area contributed by atoms with Crippen LogP contribution in [0.1, 0.15) is 30.6 Å². The smallest absolute Gasteiger partial charge is 0.250 e. The van der Waals surface area contributed by atoms with Crippen molar-refractivity contribution in [2.75, 3.05) is 42.5 Å². The normalized spacial score (nSPS) is 15.7. The van der Waals surface area contributed by atoms with Gasteiger partial charge in [-0.3, -0.25) is 14.5 Å². The molecule has 2 aromatic carbocycles. The molecule has 0 bridgehead atoms. The molecule has 1 heterocycles. The molecule has 1 atom stereocenters. The van der Waals surface area contributed by atoms with E-state index in [4.69, 9.17) is 5.73 Å².